The summed E-state index contributed by atoms with van der Waals surface area (Å²) in [6.45, 7) is -3.36. The molecule has 0 aromatic heterocycles. The van der Waals surface area contributed by atoms with E-state index in [1.807, 2.05) is 0 Å². The van der Waals surface area contributed by atoms with Crippen LogP contribution in [-0.2, 0) is 6.18 Å². The first-order valence-electron chi connectivity index (χ1n) is 5.80. The molecule has 0 heterocycles. The molecule has 2 aromatic carbocycles. The molecular formula is C14H7Cl2F5O. The first-order valence-corrected chi connectivity index (χ1v) is 6.56. The van der Waals surface area contributed by atoms with E-state index in [4.69, 9.17) is 23.2 Å². The summed E-state index contributed by atoms with van der Waals surface area (Å²) in [6, 6.07) is 7.17. The van der Waals surface area contributed by atoms with Crippen LogP contribution in [0.25, 0.3) is 11.1 Å². The highest BCUT2D eigenvalue weighted by atomic mass is 35.5. The molecule has 8 heteroatoms. The third-order valence-corrected chi connectivity index (χ3v) is 3.58. The number of hydrogen-bond donors (Lipinski definition) is 0. The van der Waals surface area contributed by atoms with Crippen molar-refractivity contribution in [3.8, 4) is 16.9 Å². The number of rotatable bonds is 3. The zero-order chi connectivity index (χ0) is 16.5. The minimum Gasteiger partial charge on any atom is -0.434 e. The summed E-state index contributed by atoms with van der Waals surface area (Å²) in [7, 11) is 0. The van der Waals surface area contributed by atoms with Gasteiger partial charge < -0.3 is 4.74 Å². The third kappa shape index (κ3) is 3.62. The average molecular weight is 357 g/mol. The summed E-state index contributed by atoms with van der Waals surface area (Å²) in [5, 5.41) is 0.237. The molecule has 0 N–H and O–H groups in total. The molecule has 0 saturated carbocycles. The molecule has 2 rings (SSSR count). The standard InChI is InChI=1S/C14H7Cl2F5O/c15-10-3-1-2-8(12(10)16)7-4-5-11(22-13(17)18)9(6-7)14(19,20)21/h1-6,13H. The molecule has 0 amide bonds. The molecule has 0 unspecified atom stereocenters. The Balaban J connectivity index is 2.58. The number of alkyl halides is 5. The van der Waals surface area contributed by atoms with E-state index in [9.17, 15) is 22.0 Å². The lowest BCUT2D eigenvalue weighted by molar-refractivity contribution is -0.141. The maximum absolute atomic E-state index is 13.0. The average Bonchev–Trinajstić information content (AvgIpc) is 2.41. The van der Waals surface area contributed by atoms with Crippen LogP contribution in [0.4, 0.5) is 22.0 Å². The topological polar surface area (TPSA) is 9.23 Å². The van der Waals surface area contributed by atoms with Crippen molar-refractivity contribution in [2.75, 3.05) is 0 Å². The number of benzene rings is 2. The molecule has 1 nitrogen and oxygen atoms in total. The van der Waals surface area contributed by atoms with Gasteiger partial charge in [0.1, 0.15) is 5.75 Å². The van der Waals surface area contributed by atoms with Crippen molar-refractivity contribution in [2.24, 2.45) is 0 Å². The number of halogens is 7. The van der Waals surface area contributed by atoms with Crippen LogP contribution in [0.3, 0.4) is 0 Å². The molecule has 0 bridgehead atoms. The molecule has 0 aliphatic carbocycles. The van der Waals surface area contributed by atoms with E-state index in [-0.39, 0.29) is 21.2 Å². The van der Waals surface area contributed by atoms with Gasteiger partial charge in [-0.25, -0.2) is 0 Å². The molecular weight excluding hydrogens is 350 g/mol. The van der Waals surface area contributed by atoms with Gasteiger partial charge >= 0.3 is 12.8 Å². The van der Waals surface area contributed by atoms with Crippen LogP contribution in [0.2, 0.25) is 10.0 Å². The van der Waals surface area contributed by atoms with Gasteiger partial charge in [0.05, 0.1) is 15.6 Å². The van der Waals surface area contributed by atoms with Crippen molar-refractivity contribution < 1.29 is 26.7 Å². The molecule has 0 fully saturated rings. The van der Waals surface area contributed by atoms with E-state index in [2.05, 4.69) is 4.74 Å². The third-order valence-electron chi connectivity index (χ3n) is 2.76. The fourth-order valence-electron chi connectivity index (χ4n) is 1.84. The van der Waals surface area contributed by atoms with Crippen LogP contribution in [0.15, 0.2) is 36.4 Å². The van der Waals surface area contributed by atoms with Gasteiger partial charge in [-0.1, -0.05) is 41.4 Å². The Kier molecular flexibility index (Phi) is 4.82. The number of hydrogen-bond acceptors (Lipinski definition) is 1. The summed E-state index contributed by atoms with van der Waals surface area (Å²) in [4.78, 5) is 0. The zero-order valence-corrected chi connectivity index (χ0v) is 12.1. The van der Waals surface area contributed by atoms with Gasteiger partial charge in [0.15, 0.2) is 0 Å². The van der Waals surface area contributed by atoms with Gasteiger partial charge in [0, 0.05) is 5.56 Å². The van der Waals surface area contributed by atoms with E-state index < -0.39 is 24.1 Å². The molecule has 0 spiro atoms. The highest BCUT2D eigenvalue weighted by Gasteiger charge is 2.35. The monoisotopic (exact) mass is 356 g/mol. The molecule has 0 atom stereocenters. The second kappa shape index (κ2) is 6.30. The number of ether oxygens (including phenoxy) is 1. The highest BCUT2D eigenvalue weighted by Crippen LogP contribution is 2.41. The van der Waals surface area contributed by atoms with Crippen molar-refractivity contribution in [2.45, 2.75) is 12.8 Å². The first kappa shape index (κ1) is 16.8. The molecule has 118 valence electrons. The van der Waals surface area contributed by atoms with Crippen LogP contribution in [0.1, 0.15) is 5.56 Å². The van der Waals surface area contributed by atoms with Gasteiger partial charge in [0.2, 0.25) is 0 Å². The SMILES string of the molecule is FC(F)Oc1ccc(-c2cccc(Cl)c2Cl)cc1C(F)(F)F. The predicted molar refractivity (Wildman–Crippen MR) is 73.5 cm³/mol. The molecule has 22 heavy (non-hydrogen) atoms. The fourth-order valence-corrected chi connectivity index (χ4v) is 2.25. The highest BCUT2D eigenvalue weighted by molar-refractivity contribution is 6.43. The Labute approximate surface area is 132 Å². The lowest BCUT2D eigenvalue weighted by Gasteiger charge is -2.15. The Hall–Kier alpha value is -1.53. The van der Waals surface area contributed by atoms with Crippen molar-refractivity contribution in [1.82, 2.24) is 0 Å². The lowest BCUT2D eigenvalue weighted by atomic mass is 10.0. The minimum atomic E-state index is -4.86. The van der Waals surface area contributed by atoms with Crippen LogP contribution in [0.5, 0.6) is 5.75 Å². The van der Waals surface area contributed by atoms with Crippen molar-refractivity contribution in [3.05, 3.63) is 52.0 Å². The summed E-state index contributed by atoms with van der Waals surface area (Å²) in [5.41, 5.74) is -0.981. The van der Waals surface area contributed by atoms with Crippen LogP contribution in [-0.4, -0.2) is 6.61 Å². The maximum Gasteiger partial charge on any atom is 0.419 e. The Morgan fingerprint density at radius 3 is 2.27 bits per heavy atom. The molecule has 0 aliphatic heterocycles. The van der Waals surface area contributed by atoms with E-state index in [1.54, 1.807) is 0 Å². The largest absolute Gasteiger partial charge is 0.434 e. The normalized spacial score (nSPS) is 11.8. The van der Waals surface area contributed by atoms with Gasteiger partial charge in [-0.2, -0.15) is 22.0 Å². The molecule has 0 saturated heterocycles. The van der Waals surface area contributed by atoms with E-state index in [1.165, 1.54) is 24.3 Å². The second-order valence-corrected chi connectivity index (χ2v) is 4.97. The second-order valence-electron chi connectivity index (χ2n) is 4.19. The molecule has 0 aliphatic rings. The Morgan fingerprint density at radius 1 is 1.00 bits per heavy atom. The Bertz CT molecular complexity index is 685. The van der Waals surface area contributed by atoms with Gasteiger partial charge in [0.25, 0.3) is 0 Å². The maximum atomic E-state index is 13.0. The van der Waals surface area contributed by atoms with Crippen molar-refractivity contribution in [3.63, 3.8) is 0 Å². The first-order chi connectivity index (χ1) is 10.2. The lowest BCUT2D eigenvalue weighted by Crippen LogP contribution is -2.11. The quantitative estimate of drug-likeness (QED) is 0.588. The summed E-state index contributed by atoms with van der Waals surface area (Å²) < 4.78 is 67.3. The fraction of sp³-hybridized carbons (Fsp3) is 0.143. The Morgan fingerprint density at radius 2 is 1.68 bits per heavy atom. The molecule has 0 radical (unpaired) electrons. The summed E-state index contributed by atoms with van der Waals surface area (Å²) in [5.74, 6) is -0.954. The van der Waals surface area contributed by atoms with E-state index in [0.29, 0.717) is 6.07 Å². The van der Waals surface area contributed by atoms with Gasteiger partial charge in [-0.3, -0.25) is 0 Å². The van der Waals surface area contributed by atoms with Gasteiger partial charge in [-0.15, -0.1) is 0 Å². The summed E-state index contributed by atoms with van der Waals surface area (Å²) in [6.07, 6.45) is -4.86. The minimum absolute atomic E-state index is 0.0693. The van der Waals surface area contributed by atoms with E-state index >= 15 is 0 Å². The van der Waals surface area contributed by atoms with E-state index in [0.717, 1.165) is 6.07 Å². The zero-order valence-electron chi connectivity index (χ0n) is 10.6. The summed E-state index contributed by atoms with van der Waals surface area (Å²) >= 11 is 11.8. The van der Waals surface area contributed by atoms with Crippen molar-refractivity contribution in [1.29, 1.82) is 0 Å². The predicted octanol–water partition coefficient (Wildman–Crippen LogP) is 6.28. The van der Waals surface area contributed by atoms with Crippen LogP contribution < -0.4 is 4.74 Å². The van der Waals surface area contributed by atoms with Crippen LogP contribution in [0, 0.1) is 0 Å². The van der Waals surface area contributed by atoms with Gasteiger partial charge in [-0.05, 0) is 23.8 Å². The van der Waals surface area contributed by atoms with Crippen LogP contribution >= 0.6 is 23.2 Å². The molecule has 2 aromatic rings. The van der Waals surface area contributed by atoms with Crippen molar-refractivity contribution >= 4 is 23.2 Å². The smallest absolute Gasteiger partial charge is 0.419 e.